The number of carbonyl (C=O) groups is 2. The van der Waals surface area contributed by atoms with Crippen LogP contribution in [0.2, 0.25) is 0 Å². The summed E-state index contributed by atoms with van der Waals surface area (Å²) in [5.74, 6) is -0.398. The minimum absolute atomic E-state index is 0.161. The SMILES string of the molecule is O=C1C=C(NC(=O)SNC2CCCCC2)CO1. The van der Waals surface area contributed by atoms with E-state index in [1.807, 2.05) is 0 Å². The molecule has 0 aromatic carbocycles. The lowest BCUT2D eigenvalue weighted by Crippen LogP contribution is -2.30. The van der Waals surface area contributed by atoms with E-state index in [0.29, 0.717) is 11.7 Å². The maximum absolute atomic E-state index is 11.5. The molecule has 0 aromatic rings. The van der Waals surface area contributed by atoms with E-state index in [1.165, 1.54) is 25.3 Å². The van der Waals surface area contributed by atoms with Crippen LogP contribution in [0.5, 0.6) is 0 Å². The van der Waals surface area contributed by atoms with E-state index in [-0.39, 0.29) is 11.8 Å². The molecule has 0 unspecified atom stereocenters. The van der Waals surface area contributed by atoms with Gasteiger partial charge in [0.25, 0.3) is 5.24 Å². The Labute approximate surface area is 104 Å². The Bertz CT molecular complexity index is 338. The van der Waals surface area contributed by atoms with E-state index in [4.69, 9.17) is 0 Å². The van der Waals surface area contributed by atoms with Crippen LogP contribution in [0.4, 0.5) is 4.79 Å². The van der Waals surface area contributed by atoms with E-state index < -0.39 is 5.97 Å². The lowest BCUT2D eigenvalue weighted by Gasteiger charge is -2.21. The van der Waals surface area contributed by atoms with Crippen molar-refractivity contribution in [3.8, 4) is 0 Å². The highest BCUT2D eigenvalue weighted by atomic mass is 32.2. The molecule has 6 heteroatoms. The number of carbonyl (C=O) groups excluding carboxylic acids is 2. The molecule has 5 nitrogen and oxygen atoms in total. The Hall–Kier alpha value is -1.01. The smallest absolute Gasteiger partial charge is 0.333 e. The molecular formula is C11H16N2O3S. The van der Waals surface area contributed by atoms with Crippen LogP contribution in [-0.4, -0.2) is 23.9 Å². The van der Waals surface area contributed by atoms with Crippen LogP contribution in [0, 0.1) is 0 Å². The number of nitrogens with one attached hydrogen (secondary N) is 2. The predicted molar refractivity (Wildman–Crippen MR) is 65.2 cm³/mol. The number of esters is 1. The van der Waals surface area contributed by atoms with Crippen LogP contribution in [0.25, 0.3) is 0 Å². The lowest BCUT2D eigenvalue weighted by molar-refractivity contribution is -0.134. The Morgan fingerprint density at radius 2 is 2.12 bits per heavy atom. The summed E-state index contributed by atoms with van der Waals surface area (Å²) in [6, 6.07) is 0.426. The molecule has 0 bridgehead atoms. The van der Waals surface area contributed by atoms with Crippen LogP contribution in [-0.2, 0) is 9.53 Å². The monoisotopic (exact) mass is 256 g/mol. The predicted octanol–water partition coefficient (Wildman–Crippen LogP) is 1.71. The summed E-state index contributed by atoms with van der Waals surface area (Å²) in [5.41, 5.74) is 0.526. The summed E-state index contributed by atoms with van der Waals surface area (Å²) in [4.78, 5) is 22.3. The minimum Gasteiger partial charge on any atom is -0.456 e. The Kier molecular flexibility index (Phi) is 4.44. The maximum atomic E-state index is 11.5. The van der Waals surface area contributed by atoms with Crippen molar-refractivity contribution in [2.45, 2.75) is 38.1 Å². The first-order valence-corrected chi connectivity index (χ1v) is 6.66. The third-order valence-corrected chi connectivity index (χ3v) is 3.59. The van der Waals surface area contributed by atoms with Gasteiger partial charge in [0.1, 0.15) is 6.61 Å². The Morgan fingerprint density at radius 1 is 1.35 bits per heavy atom. The fourth-order valence-corrected chi connectivity index (χ4v) is 2.65. The van der Waals surface area contributed by atoms with Crippen LogP contribution >= 0.6 is 11.9 Å². The number of amides is 1. The number of hydrogen-bond acceptors (Lipinski definition) is 5. The molecule has 2 N–H and O–H groups in total. The summed E-state index contributed by atoms with van der Waals surface area (Å²) in [5, 5.41) is 2.43. The van der Waals surface area contributed by atoms with E-state index in [9.17, 15) is 9.59 Å². The van der Waals surface area contributed by atoms with Crippen molar-refractivity contribution in [1.82, 2.24) is 10.0 Å². The van der Waals surface area contributed by atoms with Gasteiger partial charge in [-0.1, -0.05) is 19.3 Å². The van der Waals surface area contributed by atoms with Crippen molar-refractivity contribution in [1.29, 1.82) is 0 Å². The normalized spacial score (nSPS) is 20.9. The summed E-state index contributed by atoms with van der Waals surface area (Å²) < 4.78 is 7.84. The molecule has 1 fully saturated rings. The van der Waals surface area contributed by atoms with Crippen molar-refractivity contribution in [2.24, 2.45) is 0 Å². The van der Waals surface area contributed by atoms with Crippen molar-refractivity contribution in [2.75, 3.05) is 6.61 Å². The Balaban J connectivity index is 1.67. The number of hydrogen-bond donors (Lipinski definition) is 2. The Morgan fingerprint density at radius 3 is 2.76 bits per heavy atom. The van der Waals surface area contributed by atoms with Crippen molar-refractivity contribution >= 4 is 23.2 Å². The first-order chi connectivity index (χ1) is 8.24. The highest BCUT2D eigenvalue weighted by Gasteiger charge is 2.17. The van der Waals surface area contributed by atoms with Gasteiger partial charge in [0.15, 0.2) is 0 Å². The zero-order valence-electron chi connectivity index (χ0n) is 9.53. The molecule has 0 atom stereocenters. The van der Waals surface area contributed by atoms with Gasteiger partial charge in [0.2, 0.25) is 0 Å². The molecule has 0 spiro atoms. The van der Waals surface area contributed by atoms with Crippen LogP contribution in [0.15, 0.2) is 11.8 Å². The van der Waals surface area contributed by atoms with Gasteiger partial charge in [-0.25, -0.2) is 4.79 Å². The zero-order chi connectivity index (χ0) is 12.1. The molecule has 1 aliphatic heterocycles. The molecule has 2 rings (SSSR count). The summed E-state index contributed by atoms with van der Waals surface area (Å²) in [6.07, 6.45) is 7.32. The summed E-state index contributed by atoms with van der Waals surface area (Å²) >= 11 is 1.06. The van der Waals surface area contributed by atoms with Gasteiger partial charge in [-0.3, -0.25) is 9.52 Å². The maximum Gasteiger partial charge on any atom is 0.333 e. The molecule has 0 aromatic heterocycles. The van der Waals surface area contributed by atoms with E-state index >= 15 is 0 Å². The van der Waals surface area contributed by atoms with Crippen molar-refractivity contribution in [3.63, 3.8) is 0 Å². The quantitative estimate of drug-likeness (QED) is 0.594. The zero-order valence-corrected chi connectivity index (χ0v) is 10.3. The van der Waals surface area contributed by atoms with Gasteiger partial charge >= 0.3 is 5.97 Å². The highest BCUT2D eigenvalue weighted by Crippen LogP contribution is 2.19. The second-order valence-electron chi connectivity index (χ2n) is 4.24. The number of rotatable bonds is 3. The van der Waals surface area contributed by atoms with E-state index in [0.717, 1.165) is 24.8 Å². The number of cyclic esters (lactones) is 1. The average molecular weight is 256 g/mol. The van der Waals surface area contributed by atoms with Gasteiger partial charge in [-0.15, -0.1) is 0 Å². The second-order valence-corrected chi connectivity index (χ2v) is 5.06. The first-order valence-electron chi connectivity index (χ1n) is 5.85. The van der Waals surface area contributed by atoms with Crippen LogP contribution in [0.3, 0.4) is 0 Å². The third-order valence-electron chi connectivity index (χ3n) is 2.85. The molecule has 1 saturated carbocycles. The molecule has 94 valence electrons. The van der Waals surface area contributed by atoms with Gasteiger partial charge < -0.3 is 10.1 Å². The number of ether oxygens (including phenoxy) is 1. The van der Waals surface area contributed by atoms with Crippen molar-refractivity contribution in [3.05, 3.63) is 11.8 Å². The molecule has 0 radical (unpaired) electrons. The molecule has 17 heavy (non-hydrogen) atoms. The largest absolute Gasteiger partial charge is 0.456 e. The van der Waals surface area contributed by atoms with Gasteiger partial charge in [-0.05, 0) is 12.8 Å². The van der Waals surface area contributed by atoms with Crippen LogP contribution < -0.4 is 10.0 Å². The summed E-state index contributed by atoms with van der Waals surface area (Å²) in [6.45, 7) is 0.161. The fraction of sp³-hybridized carbons (Fsp3) is 0.636. The van der Waals surface area contributed by atoms with Gasteiger partial charge in [-0.2, -0.15) is 0 Å². The molecule has 0 saturated heterocycles. The molecule has 1 heterocycles. The minimum atomic E-state index is -0.398. The third kappa shape index (κ3) is 4.05. The fourth-order valence-electron chi connectivity index (χ4n) is 1.96. The average Bonchev–Trinajstić information content (AvgIpc) is 2.73. The lowest BCUT2D eigenvalue weighted by atomic mass is 9.96. The highest BCUT2D eigenvalue weighted by molar-refractivity contribution is 8.11. The summed E-state index contributed by atoms with van der Waals surface area (Å²) in [7, 11) is 0. The second kappa shape index (κ2) is 6.07. The standard InChI is InChI=1S/C11H16N2O3S/c14-10-6-9(7-16-10)12-11(15)17-13-8-4-2-1-3-5-8/h6,8,13H,1-5,7H2,(H,12,15). The van der Waals surface area contributed by atoms with Crippen molar-refractivity contribution < 1.29 is 14.3 Å². The first kappa shape index (κ1) is 12.4. The van der Waals surface area contributed by atoms with E-state index in [1.54, 1.807) is 0 Å². The molecule has 1 amide bonds. The van der Waals surface area contributed by atoms with Gasteiger partial charge in [0, 0.05) is 24.1 Å². The van der Waals surface area contributed by atoms with Crippen LogP contribution in [0.1, 0.15) is 32.1 Å². The topological polar surface area (TPSA) is 67.4 Å². The van der Waals surface area contributed by atoms with Gasteiger partial charge in [0.05, 0.1) is 5.70 Å². The van der Waals surface area contributed by atoms with E-state index in [2.05, 4.69) is 14.8 Å². The molecule has 2 aliphatic rings. The molecule has 1 aliphatic carbocycles. The molecular weight excluding hydrogens is 240 g/mol.